The summed E-state index contributed by atoms with van der Waals surface area (Å²) in [5, 5.41) is 8.62. The number of benzene rings is 1. The Morgan fingerprint density at radius 1 is 1.17 bits per heavy atom. The van der Waals surface area contributed by atoms with Gasteiger partial charge < -0.3 is 29.0 Å². The summed E-state index contributed by atoms with van der Waals surface area (Å²) in [4.78, 5) is 13.9. The van der Waals surface area contributed by atoms with E-state index in [1.807, 2.05) is 12.1 Å². The van der Waals surface area contributed by atoms with E-state index in [9.17, 15) is 4.79 Å². The van der Waals surface area contributed by atoms with Crippen molar-refractivity contribution >= 4 is 17.7 Å². The monoisotopic (exact) mass is 357 g/mol. The maximum Gasteiger partial charge on any atom is 0.233 e. The normalized spacial score (nSPS) is 17.2. The number of methoxy groups -OCH3 is 3. The van der Waals surface area contributed by atoms with Crippen LogP contribution in [-0.2, 0) is 9.53 Å². The molecule has 2 rings (SSSR count). The highest BCUT2D eigenvalue weighted by Crippen LogP contribution is 2.45. The van der Waals surface area contributed by atoms with Gasteiger partial charge in [0.2, 0.25) is 11.7 Å². The molecule has 1 heterocycles. The highest BCUT2D eigenvalue weighted by molar-refractivity contribution is 8.00. The van der Waals surface area contributed by atoms with E-state index in [-0.39, 0.29) is 24.5 Å². The first-order valence-electron chi connectivity index (χ1n) is 7.55. The van der Waals surface area contributed by atoms with Gasteiger partial charge in [0.25, 0.3) is 0 Å². The average molecular weight is 357 g/mol. The van der Waals surface area contributed by atoms with Crippen LogP contribution in [0.2, 0.25) is 0 Å². The lowest BCUT2D eigenvalue weighted by molar-refractivity contribution is -0.128. The number of hydrogen-bond donors (Lipinski definition) is 1. The number of carbonyl (C=O) groups is 1. The Labute approximate surface area is 145 Å². The van der Waals surface area contributed by atoms with Crippen LogP contribution in [0.4, 0.5) is 0 Å². The first-order valence-corrected chi connectivity index (χ1v) is 8.60. The van der Waals surface area contributed by atoms with Gasteiger partial charge in [-0.15, -0.1) is 11.8 Å². The predicted molar refractivity (Wildman–Crippen MR) is 90.9 cm³/mol. The number of amides is 1. The second kappa shape index (κ2) is 9.00. The minimum Gasteiger partial charge on any atom is -0.493 e. The van der Waals surface area contributed by atoms with E-state index in [0.717, 1.165) is 5.56 Å². The molecule has 0 aliphatic carbocycles. The van der Waals surface area contributed by atoms with Gasteiger partial charge in [0.1, 0.15) is 5.37 Å². The Bertz CT molecular complexity index is 542. The molecule has 134 valence electrons. The highest BCUT2D eigenvalue weighted by Gasteiger charge is 2.33. The SMILES string of the molecule is COc1cc(C2SCC(=O)N2CCOCCO)cc(OC)c1OC. The summed E-state index contributed by atoms with van der Waals surface area (Å²) in [6.07, 6.45) is 0. The zero-order chi connectivity index (χ0) is 17.5. The molecular formula is C16H23NO6S. The summed E-state index contributed by atoms with van der Waals surface area (Å²) in [5.74, 6) is 2.12. The van der Waals surface area contributed by atoms with Crippen molar-refractivity contribution in [2.45, 2.75) is 5.37 Å². The van der Waals surface area contributed by atoms with Gasteiger partial charge in [-0.25, -0.2) is 0 Å². The van der Waals surface area contributed by atoms with Crippen LogP contribution in [-0.4, -0.2) is 69.4 Å². The third-order valence-electron chi connectivity index (χ3n) is 3.65. The Morgan fingerprint density at radius 3 is 2.38 bits per heavy atom. The second-order valence-electron chi connectivity index (χ2n) is 5.05. The van der Waals surface area contributed by atoms with Crippen LogP contribution in [0.15, 0.2) is 12.1 Å². The first-order chi connectivity index (χ1) is 11.7. The summed E-state index contributed by atoms with van der Waals surface area (Å²) >= 11 is 1.55. The third kappa shape index (κ3) is 4.06. The van der Waals surface area contributed by atoms with Crippen LogP contribution in [0.1, 0.15) is 10.9 Å². The second-order valence-corrected chi connectivity index (χ2v) is 6.11. The minimum atomic E-state index is -0.135. The smallest absolute Gasteiger partial charge is 0.233 e. The Morgan fingerprint density at radius 2 is 1.83 bits per heavy atom. The number of ether oxygens (including phenoxy) is 4. The molecule has 0 aromatic heterocycles. The Balaban J connectivity index is 2.23. The van der Waals surface area contributed by atoms with Crippen molar-refractivity contribution in [1.29, 1.82) is 0 Å². The van der Waals surface area contributed by atoms with E-state index in [4.69, 9.17) is 24.1 Å². The summed E-state index contributed by atoms with van der Waals surface area (Å²) in [5.41, 5.74) is 0.905. The molecule has 0 radical (unpaired) electrons. The van der Waals surface area contributed by atoms with E-state index in [1.165, 1.54) is 0 Å². The van der Waals surface area contributed by atoms with Gasteiger partial charge >= 0.3 is 0 Å². The molecule has 1 amide bonds. The number of hydrogen-bond acceptors (Lipinski definition) is 7. The van der Waals surface area contributed by atoms with E-state index in [0.29, 0.717) is 36.2 Å². The molecule has 24 heavy (non-hydrogen) atoms. The summed E-state index contributed by atoms with van der Waals surface area (Å²) in [6.45, 7) is 1.09. The lowest BCUT2D eigenvalue weighted by atomic mass is 10.1. The van der Waals surface area contributed by atoms with Crippen LogP contribution < -0.4 is 14.2 Å². The lowest BCUT2D eigenvalue weighted by Gasteiger charge is -2.25. The standard InChI is InChI=1S/C16H23NO6S/c1-20-12-8-11(9-13(21-2)15(12)22-3)16-17(14(19)10-24-16)4-6-23-7-5-18/h8-9,16,18H,4-7,10H2,1-3H3. The Hall–Kier alpha value is -1.64. The van der Waals surface area contributed by atoms with Gasteiger partial charge in [0.15, 0.2) is 11.5 Å². The molecule has 0 bridgehead atoms. The fraction of sp³-hybridized carbons (Fsp3) is 0.562. The van der Waals surface area contributed by atoms with Gasteiger partial charge in [0, 0.05) is 6.54 Å². The highest BCUT2D eigenvalue weighted by atomic mass is 32.2. The van der Waals surface area contributed by atoms with Crippen molar-refractivity contribution < 1.29 is 28.8 Å². The van der Waals surface area contributed by atoms with E-state index >= 15 is 0 Å². The molecular weight excluding hydrogens is 334 g/mol. The van der Waals surface area contributed by atoms with Crippen molar-refractivity contribution in [3.05, 3.63) is 17.7 Å². The molecule has 1 aliphatic heterocycles. The van der Waals surface area contributed by atoms with Gasteiger partial charge in [0.05, 0.1) is 46.9 Å². The van der Waals surface area contributed by atoms with Crippen molar-refractivity contribution in [2.75, 3.05) is 53.4 Å². The summed E-state index contributed by atoms with van der Waals surface area (Å²) < 4.78 is 21.4. The van der Waals surface area contributed by atoms with Crippen molar-refractivity contribution in [1.82, 2.24) is 4.90 Å². The van der Waals surface area contributed by atoms with Crippen molar-refractivity contribution in [2.24, 2.45) is 0 Å². The molecule has 7 nitrogen and oxygen atoms in total. The molecule has 1 aromatic carbocycles. The molecule has 0 spiro atoms. The molecule has 1 aromatic rings. The van der Waals surface area contributed by atoms with E-state index in [2.05, 4.69) is 0 Å². The van der Waals surface area contributed by atoms with Crippen LogP contribution in [0, 0.1) is 0 Å². The zero-order valence-corrected chi connectivity index (χ0v) is 14.9. The van der Waals surface area contributed by atoms with Crippen LogP contribution in [0.3, 0.4) is 0 Å². The summed E-state index contributed by atoms with van der Waals surface area (Å²) in [6, 6.07) is 3.72. The fourth-order valence-electron chi connectivity index (χ4n) is 2.55. The van der Waals surface area contributed by atoms with Crippen LogP contribution in [0.5, 0.6) is 17.2 Å². The van der Waals surface area contributed by atoms with Crippen LogP contribution in [0.25, 0.3) is 0 Å². The fourth-order valence-corrected chi connectivity index (χ4v) is 3.74. The average Bonchev–Trinajstić information content (AvgIpc) is 2.98. The van der Waals surface area contributed by atoms with E-state index in [1.54, 1.807) is 38.0 Å². The van der Waals surface area contributed by atoms with Crippen molar-refractivity contribution in [3.63, 3.8) is 0 Å². The van der Waals surface area contributed by atoms with Crippen LogP contribution >= 0.6 is 11.8 Å². The molecule has 1 N–H and O–H groups in total. The number of thioether (sulfide) groups is 1. The zero-order valence-electron chi connectivity index (χ0n) is 14.1. The number of aliphatic hydroxyl groups is 1. The van der Waals surface area contributed by atoms with Gasteiger partial charge in [-0.3, -0.25) is 4.79 Å². The van der Waals surface area contributed by atoms with E-state index < -0.39 is 0 Å². The third-order valence-corrected chi connectivity index (χ3v) is 4.91. The topological polar surface area (TPSA) is 77.5 Å². The number of carbonyl (C=O) groups excluding carboxylic acids is 1. The molecule has 1 saturated heterocycles. The molecule has 1 atom stereocenters. The number of rotatable bonds is 9. The maximum absolute atomic E-state index is 12.2. The molecule has 1 unspecified atom stereocenters. The lowest BCUT2D eigenvalue weighted by Crippen LogP contribution is -2.31. The molecule has 8 heteroatoms. The largest absolute Gasteiger partial charge is 0.493 e. The predicted octanol–water partition coefficient (Wildman–Crippen LogP) is 1.30. The summed E-state index contributed by atoms with van der Waals surface area (Å²) in [7, 11) is 4.68. The maximum atomic E-state index is 12.2. The number of nitrogens with zero attached hydrogens (tertiary/aromatic N) is 1. The molecule has 1 fully saturated rings. The van der Waals surface area contributed by atoms with Gasteiger partial charge in [-0.1, -0.05) is 0 Å². The van der Waals surface area contributed by atoms with Gasteiger partial charge in [-0.2, -0.15) is 0 Å². The van der Waals surface area contributed by atoms with Gasteiger partial charge in [-0.05, 0) is 17.7 Å². The molecule has 1 aliphatic rings. The quantitative estimate of drug-likeness (QED) is 0.667. The number of aliphatic hydroxyl groups excluding tert-OH is 1. The first kappa shape index (κ1) is 18.7. The van der Waals surface area contributed by atoms with Crippen molar-refractivity contribution in [3.8, 4) is 17.2 Å². The Kier molecular flexibility index (Phi) is 7.01. The minimum absolute atomic E-state index is 0.0288. The molecule has 0 saturated carbocycles.